The maximum Gasteiger partial charge on any atom is 0.527 e. The van der Waals surface area contributed by atoms with Crippen LogP contribution in [0.3, 0.4) is 0 Å². The van der Waals surface area contributed by atoms with Gasteiger partial charge in [0, 0.05) is 17.7 Å². The van der Waals surface area contributed by atoms with E-state index in [-0.39, 0.29) is 22.4 Å². The molecule has 0 aliphatic rings. The van der Waals surface area contributed by atoms with Gasteiger partial charge in [0.05, 0.1) is 10.9 Å². The molecule has 5 rings (SSSR count). The lowest BCUT2D eigenvalue weighted by Crippen LogP contribution is -2.25. The molecular formula is C32H27F2O7S2+. The molecule has 0 aliphatic carbocycles. The second-order valence-electron chi connectivity index (χ2n) is 8.76. The monoisotopic (exact) mass is 625 g/mol. The summed E-state index contributed by atoms with van der Waals surface area (Å²) in [4.78, 5) is 15.3. The first-order chi connectivity index (χ1) is 20.7. The first-order valence-electron chi connectivity index (χ1n) is 12.8. The quantitative estimate of drug-likeness (QED) is 0.0815. The third-order valence-electron chi connectivity index (χ3n) is 5.75. The smallest absolute Gasteiger partial charge is 0.507 e. The van der Waals surface area contributed by atoms with Gasteiger partial charge < -0.3 is 18.8 Å². The van der Waals surface area contributed by atoms with Gasteiger partial charge in [-0.15, -0.1) is 0 Å². The normalized spacial score (nSPS) is 11.8. The SMILES string of the molecule is CC(OC(=O)OS(=O)(=O)C(F)F)Oc1cccc2c(O)cccc12.c1ccc([S+](c2ccccc2)c2ccccc2)cc1. The molecule has 11 heteroatoms. The van der Waals surface area contributed by atoms with Crippen molar-refractivity contribution in [1.82, 2.24) is 0 Å². The number of carbonyl (C=O) groups is 1. The molecule has 0 bridgehead atoms. The topological polar surface area (TPSA) is 99.1 Å². The van der Waals surface area contributed by atoms with Crippen LogP contribution >= 0.6 is 0 Å². The van der Waals surface area contributed by atoms with Gasteiger partial charge in [0.2, 0.25) is 6.29 Å². The molecule has 1 unspecified atom stereocenters. The second-order valence-corrected chi connectivity index (χ2v) is 12.3. The van der Waals surface area contributed by atoms with Gasteiger partial charge >= 0.3 is 22.0 Å². The number of fused-ring (bicyclic) bond motifs is 1. The summed E-state index contributed by atoms with van der Waals surface area (Å²) in [5.41, 5.74) is 0. The second kappa shape index (κ2) is 14.5. The van der Waals surface area contributed by atoms with E-state index in [9.17, 15) is 27.1 Å². The van der Waals surface area contributed by atoms with Crippen LogP contribution < -0.4 is 4.74 Å². The number of hydrogen-bond donors (Lipinski definition) is 1. The minimum Gasteiger partial charge on any atom is -0.507 e. The molecular weight excluding hydrogens is 598 g/mol. The third kappa shape index (κ3) is 8.46. The summed E-state index contributed by atoms with van der Waals surface area (Å²) in [5.74, 6) is -3.64. The highest BCUT2D eigenvalue weighted by Gasteiger charge is 2.31. The average molecular weight is 626 g/mol. The zero-order valence-electron chi connectivity index (χ0n) is 22.7. The lowest BCUT2D eigenvalue weighted by Gasteiger charge is -2.16. The first kappa shape index (κ1) is 31.3. The standard InChI is InChI=1S/C18H15S.C14H12F2O7S/c1-4-10-16(11-5-1)19(17-12-6-2-7-13-17)18-14-8-3-9-15-18;1-8(22-14(18)23-24(19,20)13(15)16)21-12-7-3-4-9-10(12)5-2-6-11(9)17/h1-15H;2-8,13,17H,1H3/q+1;. The number of carbonyl (C=O) groups excluding carboxylic acids is 1. The highest BCUT2D eigenvalue weighted by atomic mass is 32.2. The van der Waals surface area contributed by atoms with Gasteiger partial charge in [0.1, 0.15) is 11.5 Å². The van der Waals surface area contributed by atoms with Crippen LogP contribution in [-0.2, 0) is 29.9 Å². The van der Waals surface area contributed by atoms with Crippen LogP contribution in [0.1, 0.15) is 6.92 Å². The van der Waals surface area contributed by atoms with Crippen molar-refractivity contribution in [3.63, 3.8) is 0 Å². The molecule has 0 saturated heterocycles. The summed E-state index contributed by atoms with van der Waals surface area (Å²) in [6, 6.07) is 41.6. The fourth-order valence-corrected chi connectivity index (χ4v) is 6.34. The Morgan fingerprint density at radius 3 is 1.65 bits per heavy atom. The van der Waals surface area contributed by atoms with Crippen molar-refractivity contribution in [1.29, 1.82) is 0 Å². The van der Waals surface area contributed by atoms with Gasteiger partial charge in [0.25, 0.3) is 0 Å². The van der Waals surface area contributed by atoms with E-state index in [1.165, 1.54) is 33.7 Å². The minimum absolute atomic E-state index is 0.00829. The van der Waals surface area contributed by atoms with Gasteiger partial charge in [-0.25, -0.2) is 4.79 Å². The molecule has 0 aliphatic heterocycles. The van der Waals surface area contributed by atoms with E-state index < -0.39 is 28.3 Å². The van der Waals surface area contributed by atoms with Gasteiger partial charge in [-0.05, 0) is 48.5 Å². The average Bonchev–Trinajstić information content (AvgIpc) is 2.99. The number of hydrogen-bond acceptors (Lipinski definition) is 7. The number of benzene rings is 5. The minimum atomic E-state index is -5.35. The number of rotatable bonds is 8. The molecule has 0 amide bonds. The Bertz CT molecular complexity index is 1640. The largest absolute Gasteiger partial charge is 0.527 e. The molecule has 0 heterocycles. The first-order valence-corrected chi connectivity index (χ1v) is 15.5. The summed E-state index contributed by atoms with van der Waals surface area (Å²) in [6.07, 6.45) is -3.18. The Hall–Kier alpha value is -4.61. The predicted molar refractivity (Wildman–Crippen MR) is 160 cm³/mol. The molecule has 5 aromatic carbocycles. The lowest BCUT2D eigenvalue weighted by molar-refractivity contribution is -0.0361. The van der Waals surface area contributed by atoms with Gasteiger partial charge in [-0.3, -0.25) is 0 Å². The van der Waals surface area contributed by atoms with E-state index >= 15 is 0 Å². The zero-order valence-corrected chi connectivity index (χ0v) is 24.4. The Balaban J connectivity index is 0.000000202. The summed E-state index contributed by atoms with van der Waals surface area (Å²) in [5, 5.41) is 10.7. The maximum atomic E-state index is 12.1. The highest BCUT2D eigenvalue weighted by molar-refractivity contribution is 7.97. The fourth-order valence-electron chi connectivity index (χ4n) is 3.93. The molecule has 0 fully saturated rings. The number of halogens is 2. The van der Waals surface area contributed by atoms with Crippen molar-refractivity contribution >= 4 is 37.9 Å². The Labute approximate surface area is 250 Å². The Morgan fingerprint density at radius 1 is 0.698 bits per heavy atom. The van der Waals surface area contributed by atoms with Crippen LogP contribution in [0.15, 0.2) is 142 Å². The molecule has 0 aromatic heterocycles. The molecule has 5 aromatic rings. The molecule has 43 heavy (non-hydrogen) atoms. The van der Waals surface area contributed by atoms with Gasteiger partial charge in [-0.1, -0.05) is 78.9 Å². The molecule has 1 N–H and O–H groups in total. The number of alkyl halides is 2. The van der Waals surface area contributed by atoms with Gasteiger partial charge in [-0.2, -0.15) is 17.2 Å². The van der Waals surface area contributed by atoms with Crippen LogP contribution in [0.25, 0.3) is 10.8 Å². The van der Waals surface area contributed by atoms with Crippen LogP contribution in [-0.4, -0.2) is 31.7 Å². The molecule has 0 saturated carbocycles. The van der Waals surface area contributed by atoms with Crippen LogP contribution in [0, 0.1) is 0 Å². The zero-order chi connectivity index (χ0) is 30.8. The van der Waals surface area contributed by atoms with Crippen LogP contribution in [0.5, 0.6) is 11.5 Å². The molecule has 7 nitrogen and oxygen atoms in total. The lowest BCUT2D eigenvalue weighted by atomic mass is 10.1. The Morgan fingerprint density at radius 2 is 1.16 bits per heavy atom. The molecule has 222 valence electrons. The van der Waals surface area contributed by atoms with Crippen molar-refractivity contribution in [2.24, 2.45) is 0 Å². The number of phenolic OH excluding ortho intramolecular Hbond substituents is 1. The van der Waals surface area contributed by atoms with E-state index in [2.05, 4.69) is 99.9 Å². The molecule has 0 radical (unpaired) electrons. The third-order valence-corrected chi connectivity index (χ3v) is 8.79. The van der Waals surface area contributed by atoms with Crippen molar-refractivity contribution < 1.29 is 40.8 Å². The number of aromatic hydroxyl groups is 1. The predicted octanol–water partition coefficient (Wildman–Crippen LogP) is 7.76. The van der Waals surface area contributed by atoms with Crippen LogP contribution in [0.4, 0.5) is 13.6 Å². The Kier molecular flexibility index (Phi) is 10.6. The van der Waals surface area contributed by atoms with E-state index in [4.69, 9.17) is 4.74 Å². The fraction of sp³-hybridized carbons (Fsp3) is 0.0938. The molecule has 0 spiro atoms. The van der Waals surface area contributed by atoms with Crippen molar-refractivity contribution in [3.05, 3.63) is 127 Å². The van der Waals surface area contributed by atoms with Crippen molar-refractivity contribution in [2.45, 2.75) is 33.7 Å². The summed E-state index contributed by atoms with van der Waals surface area (Å²) < 4.78 is 59.0. The summed E-state index contributed by atoms with van der Waals surface area (Å²) >= 11 is 0. The number of ether oxygens (including phenoxy) is 2. The van der Waals surface area contributed by atoms with E-state index in [1.807, 2.05) is 0 Å². The van der Waals surface area contributed by atoms with E-state index in [0.717, 1.165) is 0 Å². The molecule has 1 atom stereocenters. The maximum absolute atomic E-state index is 12.1. The highest BCUT2D eigenvalue weighted by Crippen LogP contribution is 2.32. The van der Waals surface area contributed by atoms with Crippen molar-refractivity contribution in [3.8, 4) is 11.5 Å². The summed E-state index contributed by atoms with van der Waals surface area (Å²) in [6.45, 7) is 1.23. The number of phenols is 1. The van der Waals surface area contributed by atoms with E-state index in [1.54, 1.807) is 24.3 Å². The van der Waals surface area contributed by atoms with Gasteiger partial charge in [0.15, 0.2) is 14.7 Å². The summed E-state index contributed by atoms with van der Waals surface area (Å²) in [7, 11) is -5.37. The van der Waals surface area contributed by atoms with Crippen molar-refractivity contribution in [2.75, 3.05) is 0 Å². The van der Waals surface area contributed by atoms with E-state index in [0.29, 0.717) is 10.8 Å². The van der Waals surface area contributed by atoms with Crippen LogP contribution in [0.2, 0.25) is 0 Å².